The molecule has 0 bridgehead atoms. The predicted molar refractivity (Wildman–Crippen MR) is 59.1 cm³/mol. The molecule has 1 rings (SSSR count). The van der Waals surface area contributed by atoms with Crippen LogP contribution in [0.1, 0.15) is 60.8 Å². The van der Waals surface area contributed by atoms with E-state index < -0.39 is 0 Å². The first-order valence-corrected chi connectivity index (χ1v) is 5.00. The van der Waals surface area contributed by atoms with E-state index in [1.165, 1.54) is 19.3 Å². The molecule has 0 heteroatoms. The van der Waals surface area contributed by atoms with E-state index in [1.54, 1.807) is 0 Å². The molecule has 0 radical (unpaired) electrons. The zero-order chi connectivity index (χ0) is 10.1. The largest absolute Gasteiger partial charge is 0.106 e. The summed E-state index contributed by atoms with van der Waals surface area (Å²) >= 11 is 0. The summed E-state index contributed by atoms with van der Waals surface area (Å²) in [6.07, 6.45) is 4.50. The first kappa shape index (κ1) is 22.4. The van der Waals surface area contributed by atoms with Crippen LogP contribution in [0.15, 0.2) is 13.2 Å². The Morgan fingerprint density at radius 1 is 0.545 bits per heavy atom. The Hall–Kier alpha value is -0.260. The average molecular weight is 160 g/mol. The van der Waals surface area contributed by atoms with E-state index in [4.69, 9.17) is 0 Å². The summed E-state index contributed by atoms with van der Waals surface area (Å²) in [7, 11) is 0. The van der Waals surface area contributed by atoms with Crippen molar-refractivity contribution >= 4 is 0 Å². The van der Waals surface area contributed by atoms with Gasteiger partial charge < -0.3 is 0 Å². The summed E-state index contributed by atoms with van der Waals surface area (Å²) in [6.45, 7) is 18.0. The van der Waals surface area contributed by atoms with Gasteiger partial charge in [-0.3, -0.25) is 0 Å². The van der Waals surface area contributed by atoms with Crippen LogP contribution in [0.3, 0.4) is 0 Å². The molecule has 0 aromatic rings. The highest BCUT2D eigenvalue weighted by atomic mass is 14.0. The van der Waals surface area contributed by atoms with Crippen molar-refractivity contribution in [2.75, 3.05) is 0 Å². The zero-order valence-electron chi connectivity index (χ0n) is 9.54. The Balaban J connectivity index is -0.0000000287. The normalized spacial score (nSPS) is 8.55. The second kappa shape index (κ2) is 99.1. The molecule has 0 amide bonds. The molecular weight excluding hydrogens is 132 g/mol. The topological polar surface area (TPSA) is 0 Å². The minimum absolute atomic E-state index is 1.50. The minimum Gasteiger partial charge on any atom is -0.106 e. The number of hydrogen-bond donors (Lipinski definition) is 0. The van der Waals surface area contributed by atoms with Crippen LogP contribution in [-0.2, 0) is 0 Å². The van der Waals surface area contributed by atoms with Crippen LogP contribution < -0.4 is 0 Å². The molecule has 0 heterocycles. The molecule has 1 aliphatic rings. The van der Waals surface area contributed by atoms with Crippen molar-refractivity contribution < 1.29 is 0 Å². The standard InChI is InChI=1S/C3H6.3C2H6.C2H4/c1-2-3-1;4*1-2/h1-3H2;3*1-2H3;1-2H2. The highest BCUT2D eigenvalue weighted by molar-refractivity contribution is 4.50. The molecule has 0 atom stereocenters. The van der Waals surface area contributed by atoms with Crippen LogP contribution in [0, 0.1) is 0 Å². The van der Waals surface area contributed by atoms with Crippen molar-refractivity contribution in [1.29, 1.82) is 0 Å². The highest BCUT2D eigenvalue weighted by Gasteiger charge is 1.95. The van der Waals surface area contributed by atoms with Crippen molar-refractivity contribution in [2.45, 2.75) is 60.8 Å². The Morgan fingerprint density at radius 3 is 0.636 bits per heavy atom. The molecule has 0 aromatic carbocycles. The highest BCUT2D eigenvalue weighted by Crippen LogP contribution is 2.14. The van der Waals surface area contributed by atoms with Crippen molar-refractivity contribution in [3.8, 4) is 0 Å². The molecular formula is C11H28. The number of rotatable bonds is 0. The SMILES string of the molecule is C1CC1.C=C.CC.CC.CC. The van der Waals surface area contributed by atoms with Crippen LogP contribution in [0.4, 0.5) is 0 Å². The summed E-state index contributed by atoms with van der Waals surface area (Å²) < 4.78 is 0. The monoisotopic (exact) mass is 160 g/mol. The van der Waals surface area contributed by atoms with Crippen molar-refractivity contribution in [2.24, 2.45) is 0 Å². The summed E-state index contributed by atoms with van der Waals surface area (Å²) in [5, 5.41) is 0. The molecule has 11 heavy (non-hydrogen) atoms. The predicted octanol–water partition coefficient (Wildman–Crippen LogP) is 5.05. The third-order valence-electron chi connectivity index (χ3n) is 0.354. The molecule has 1 saturated carbocycles. The fraction of sp³-hybridized carbons (Fsp3) is 0.818. The van der Waals surface area contributed by atoms with Gasteiger partial charge in [0.05, 0.1) is 0 Å². The molecule has 0 saturated heterocycles. The van der Waals surface area contributed by atoms with E-state index in [0.29, 0.717) is 0 Å². The Bertz CT molecular complexity index is 11.2. The molecule has 0 aromatic heterocycles. The third kappa shape index (κ3) is 1070. The second-order valence-electron chi connectivity index (χ2n) is 1.06. The summed E-state index contributed by atoms with van der Waals surface area (Å²) in [6, 6.07) is 0. The van der Waals surface area contributed by atoms with Crippen molar-refractivity contribution in [3.05, 3.63) is 13.2 Å². The van der Waals surface area contributed by atoms with Crippen LogP contribution in [0.2, 0.25) is 0 Å². The van der Waals surface area contributed by atoms with Crippen LogP contribution in [0.25, 0.3) is 0 Å². The number of hydrogen-bond acceptors (Lipinski definition) is 0. The van der Waals surface area contributed by atoms with Gasteiger partial charge in [0.25, 0.3) is 0 Å². The first-order chi connectivity index (χ1) is 5.50. The van der Waals surface area contributed by atoms with Crippen LogP contribution >= 0.6 is 0 Å². The summed E-state index contributed by atoms with van der Waals surface area (Å²) in [5.41, 5.74) is 0. The average Bonchev–Trinajstić information content (AvgIpc) is 3.04. The molecule has 1 fully saturated rings. The fourth-order valence-corrected chi connectivity index (χ4v) is 0. The van der Waals surface area contributed by atoms with Crippen LogP contribution in [0.5, 0.6) is 0 Å². The van der Waals surface area contributed by atoms with E-state index in [9.17, 15) is 0 Å². The lowest BCUT2D eigenvalue weighted by Crippen LogP contribution is -0.856. The Morgan fingerprint density at radius 2 is 0.636 bits per heavy atom. The van der Waals surface area contributed by atoms with Gasteiger partial charge in [0.1, 0.15) is 0 Å². The smallest absolute Gasteiger partial charge is 0.0533 e. The third-order valence-corrected chi connectivity index (χ3v) is 0.354. The lowest BCUT2D eigenvalue weighted by molar-refractivity contribution is 1.50. The summed E-state index contributed by atoms with van der Waals surface area (Å²) in [5.74, 6) is 0. The summed E-state index contributed by atoms with van der Waals surface area (Å²) in [4.78, 5) is 0. The maximum Gasteiger partial charge on any atom is -0.0533 e. The maximum absolute atomic E-state index is 3.00. The fourth-order valence-electron chi connectivity index (χ4n) is 0. The first-order valence-electron chi connectivity index (χ1n) is 5.00. The quantitative estimate of drug-likeness (QED) is 0.435. The lowest BCUT2D eigenvalue weighted by Gasteiger charge is -1.07. The van der Waals surface area contributed by atoms with Crippen LogP contribution in [-0.4, -0.2) is 0 Å². The molecule has 0 N–H and O–H groups in total. The van der Waals surface area contributed by atoms with E-state index >= 15 is 0 Å². The minimum atomic E-state index is 1.50. The van der Waals surface area contributed by atoms with Gasteiger partial charge in [0.15, 0.2) is 0 Å². The maximum atomic E-state index is 3.00. The lowest BCUT2D eigenvalue weighted by atomic mass is 11.0. The van der Waals surface area contributed by atoms with Gasteiger partial charge in [0, 0.05) is 0 Å². The van der Waals surface area contributed by atoms with Crippen molar-refractivity contribution in [3.63, 3.8) is 0 Å². The van der Waals surface area contributed by atoms with Gasteiger partial charge in [-0.25, -0.2) is 0 Å². The van der Waals surface area contributed by atoms with Gasteiger partial charge in [-0.2, -0.15) is 0 Å². The zero-order valence-corrected chi connectivity index (χ0v) is 9.54. The molecule has 0 spiro atoms. The Labute approximate surface area is 74.7 Å². The van der Waals surface area contributed by atoms with Gasteiger partial charge in [-0.1, -0.05) is 60.8 Å². The molecule has 1 aliphatic carbocycles. The molecule has 0 unspecified atom stereocenters. The molecule has 0 nitrogen and oxygen atoms in total. The van der Waals surface area contributed by atoms with Gasteiger partial charge in [-0.15, -0.1) is 13.2 Å². The van der Waals surface area contributed by atoms with Gasteiger partial charge in [-0.05, 0) is 0 Å². The van der Waals surface area contributed by atoms with E-state index in [0.717, 1.165) is 0 Å². The van der Waals surface area contributed by atoms with Gasteiger partial charge in [0.2, 0.25) is 0 Å². The molecule has 0 aliphatic heterocycles. The van der Waals surface area contributed by atoms with E-state index in [-0.39, 0.29) is 0 Å². The van der Waals surface area contributed by atoms with E-state index in [2.05, 4.69) is 13.2 Å². The second-order valence-corrected chi connectivity index (χ2v) is 1.06. The Kier molecular flexibility index (Phi) is 202. The van der Waals surface area contributed by atoms with Crippen molar-refractivity contribution in [1.82, 2.24) is 0 Å². The van der Waals surface area contributed by atoms with E-state index in [1.807, 2.05) is 41.5 Å². The molecule has 72 valence electrons. The van der Waals surface area contributed by atoms with Gasteiger partial charge >= 0.3 is 0 Å².